The average molecular weight is 387 g/mol. The van der Waals surface area contributed by atoms with Gasteiger partial charge >= 0.3 is 5.97 Å². The molecule has 134 valence electrons. The Kier molecular flexibility index (Phi) is 4.92. The van der Waals surface area contributed by atoms with Gasteiger partial charge in [-0.3, -0.25) is 9.59 Å². The van der Waals surface area contributed by atoms with Gasteiger partial charge < -0.3 is 15.0 Å². The molecule has 2 aliphatic heterocycles. The zero-order valence-corrected chi connectivity index (χ0v) is 15.0. The van der Waals surface area contributed by atoms with Gasteiger partial charge in [0.15, 0.2) is 6.61 Å². The number of nitrogens with one attached hydrogen (secondary N) is 1. The van der Waals surface area contributed by atoms with Gasteiger partial charge in [0.1, 0.15) is 11.9 Å². The molecule has 2 atom stereocenters. The third-order valence-corrected chi connectivity index (χ3v) is 6.09. The van der Waals surface area contributed by atoms with Crippen molar-refractivity contribution in [1.29, 1.82) is 0 Å². The van der Waals surface area contributed by atoms with Crippen LogP contribution in [0.5, 0.6) is 0 Å². The molecule has 1 aromatic carbocycles. The van der Waals surface area contributed by atoms with Crippen molar-refractivity contribution in [1.82, 2.24) is 4.90 Å². The molecule has 2 saturated heterocycles. The lowest BCUT2D eigenvalue weighted by Crippen LogP contribution is -2.47. The number of carbonyl (C=O) groups is 3. The van der Waals surface area contributed by atoms with Crippen molar-refractivity contribution in [2.75, 3.05) is 17.7 Å². The van der Waals surface area contributed by atoms with Crippen LogP contribution in [0.15, 0.2) is 18.2 Å². The van der Waals surface area contributed by atoms with Gasteiger partial charge in [-0.2, -0.15) is 0 Å². The van der Waals surface area contributed by atoms with Crippen LogP contribution in [0.2, 0.25) is 5.02 Å². The number of ether oxygens (including phenoxy) is 1. The summed E-state index contributed by atoms with van der Waals surface area (Å²) in [5.74, 6) is -1.34. The Morgan fingerprint density at radius 3 is 3.00 bits per heavy atom. The largest absolute Gasteiger partial charge is 0.454 e. The third-order valence-electron chi connectivity index (χ3n) is 4.27. The Bertz CT molecular complexity index is 747. The molecule has 0 radical (unpaired) electrons. The molecule has 3 rings (SSSR count). The van der Waals surface area contributed by atoms with Crippen molar-refractivity contribution in [2.24, 2.45) is 0 Å². The Labute approximate surface area is 153 Å². The summed E-state index contributed by atoms with van der Waals surface area (Å²) in [7, 11) is 0. The van der Waals surface area contributed by atoms with E-state index in [0.717, 1.165) is 12.1 Å². The lowest BCUT2D eigenvalue weighted by Gasteiger charge is -2.29. The molecule has 2 aliphatic rings. The smallest absolute Gasteiger partial charge is 0.330 e. The second kappa shape index (κ2) is 6.84. The van der Waals surface area contributed by atoms with E-state index in [1.807, 2.05) is 6.92 Å². The topological polar surface area (TPSA) is 75.7 Å². The van der Waals surface area contributed by atoms with E-state index < -0.39 is 30.3 Å². The first-order valence-corrected chi connectivity index (χ1v) is 9.04. The molecule has 1 N–H and O–H groups in total. The van der Waals surface area contributed by atoms with Crippen LogP contribution in [-0.2, 0) is 19.1 Å². The molecule has 6 nitrogen and oxygen atoms in total. The van der Waals surface area contributed by atoms with Crippen molar-refractivity contribution in [3.05, 3.63) is 29.0 Å². The number of fused-ring (bicyclic) bond motifs is 1. The molecule has 2 amide bonds. The van der Waals surface area contributed by atoms with E-state index in [0.29, 0.717) is 18.6 Å². The molecule has 2 fully saturated rings. The fourth-order valence-electron chi connectivity index (χ4n) is 3.01. The summed E-state index contributed by atoms with van der Waals surface area (Å²) in [4.78, 5) is 37.4. The molecule has 9 heteroatoms. The van der Waals surface area contributed by atoms with E-state index >= 15 is 0 Å². The van der Waals surface area contributed by atoms with Gasteiger partial charge in [-0.05, 0) is 31.5 Å². The molecule has 0 unspecified atom stereocenters. The first kappa shape index (κ1) is 18.0. The molecule has 25 heavy (non-hydrogen) atoms. The quantitative estimate of drug-likeness (QED) is 0.804. The molecule has 0 bridgehead atoms. The van der Waals surface area contributed by atoms with Crippen molar-refractivity contribution in [3.8, 4) is 0 Å². The first-order valence-electron chi connectivity index (χ1n) is 7.68. The number of anilines is 1. The van der Waals surface area contributed by atoms with Gasteiger partial charge in [-0.15, -0.1) is 11.8 Å². The van der Waals surface area contributed by atoms with Gasteiger partial charge in [0.25, 0.3) is 5.91 Å². The number of nitrogens with zero attached hydrogens (tertiary/aromatic N) is 1. The fourth-order valence-corrected chi connectivity index (χ4v) is 4.64. The fraction of sp³-hybridized carbons (Fsp3) is 0.438. The SMILES string of the molecule is C[C@@]12CCC(=O)N1[C@@H](C(=O)OCC(=O)Nc1ccc(F)cc1Cl)CS2. The maximum Gasteiger partial charge on any atom is 0.330 e. The normalized spacial score (nSPS) is 25.0. The van der Waals surface area contributed by atoms with Crippen LogP contribution in [-0.4, -0.2) is 46.0 Å². The summed E-state index contributed by atoms with van der Waals surface area (Å²) < 4.78 is 18.0. The minimum atomic E-state index is -0.674. The molecule has 0 aromatic heterocycles. The Morgan fingerprint density at radius 1 is 1.52 bits per heavy atom. The molecule has 0 saturated carbocycles. The van der Waals surface area contributed by atoms with Crippen LogP contribution in [0.3, 0.4) is 0 Å². The number of thioether (sulfide) groups is 1. The number of hydrogen-bond acceptors (Lipinski definition) is 5. The van der Waals surface area contributed by atoms with Gasteiger partial charge in [0, 0.05) is 12.2 Å². The highest BCUT2D eigenvalue weighted by Crippen LogP contribution is 2.47. The van der Waals surface area contributed by atoms with E-state index in [2.05, 4.69) is 5.32 Å². The van der Waals surface area contributed by atoms with E-state index in [1.54, 1.807) is 16.7 Å². The molecule has 2 heterocycles. The highest BCUT2D eigenvalue weighted by atomic mass is 35.5. The van der Waals surface area contributed by atoms with E-state index in [4.69, 9.17) is 16.3 Å². The summed E-state index contributed by atoms with van der Waals surface area (Å²) in [5, 5.41) is 2.49. The Morgan fingerprint density at radius 2 is 2.28 bits per heavy atom. The second-order valence-electron chi connectivity index (χ2n) is 6.05. The summed E-state index contributed by atoms with van der Waals surface area (Å²) in [6.07, 6.45) is 1.11. The Hall–Kier alpha value is -1.80. The number of rotatable bonds is 4. The van der Waals surface area contributed by atoms with Crippen molar-refractivity contribution >= 4 is 46.8 Å². The van der Waals surface area contributed by atoms with Gasteiger partial charge in [-0.1, -0.05) is 11.6 Å². The zero-order chi connectivity index (χ0) is 18.2. The lowest BCUT2D eigenvalue weighted by molar-refractivity contribution is -0.155. The predicted molar refractivity (Wildman–Crippen MR) is 91.7 cm³/mol. The van der Waals surface area contributed by atoms with Gasteiger partial charge in [0.2, 0.25) is 5.91 Å². The maximum atomic E-state index is 13.0. The Balaban J connectivity index is 1.55. The van der Waals surface area contributed by atoms with E-state index in [1.165, 1.54) is 6.07 Å². The van der Waals surface area contributed by atoms with E-state index in [-0.39, 0.29) is 21.5 Å². The molecule has 0 aliphatic carbocycles. The zero-order valence-electron chi connectivity index (χ0n) is 13.4. The van der Waals surface area contributed by atoms with Crippen LogP contribution in [0, 0.1) is 5.82 Å². The predicted octanol–water partition coefficient (Wildman–Crippen LogP) is 2.41. The minimum absolute atomic E-state index is 0.0466. The summed E-state index contributed by atoms with van der Waals surface area (Å²) in [6, 6.07) is 2.87. The average Bonchev–Trinajstić information content (AvgIpc) is 3.04. The number of hydrogen-bond donors (Lipinski definition) is 1. The highest BCUT2D eigenvalue weighted by Gasteiger charge is 2.53. The number of amides is 2. The summed E-state index contributed by atoms with van der Waals surface area (Å²) in [5.41, 5.74) is 0.225. The number of esters is 1. The van der Waals surface area contributed by atoms with Crippen LogP contribution in [0.1, 0.15) is 19.8 Å². The van der Waals surface area contributed by atoms with Crippen molar-refractivity contribution in [3.63, 3.8) is 0 Å². The van der Waals surface area contributed by atoms with Crippen molar-refractivity contribution in [2.45, 2.75) is 30.7 Å². The van der Waals surface area contributed by atoms with Gasteiger partial charge in [0.05, 0.1) is 15.6 Å². The summed E-state index contributed by atoms with van der Waals surface area (Å²) in [6.45, 7) is 1.42. The monoisotopic (exact) mass is 386 g/mol. The first-order chi connectivity index (χ1) is 11.8. The van der Waals surface area contributed by atoms with Gasteiger partial charge in [-0.25, -0.2) is 9.18 Å². The lowest BCUT2D eigenvalue weighted by atomic mass is 10.2. The molecule has 1 aromatic rings. The second-order valence-corrected chi connectivity index (χ2v) is 7.95. The molecular formula is C16H16ClFN2O4S. The third kappa shape index (κ3) is 3.59. The van der Waals surface area contributed by atoms with Crippen LogP contribution in [0.25, 0.3) is 0 Å². The minimum Gasteiger partial charge on any atom is -0.454 e. The number of benzene rings is 1. The van der Waals surface area contributed by atoms with Crippen LogP contribution in [0.4, 0.5) is 10.1 Å². The number of carbonyl (C=O) groups excluding carboxylic acids is 3. The van der Waals surface area contributed by atoms with Crippen LogP contribution >= 0.6 is 23.4 Å². The number of halogens is 2. The molecule has 0 spiro atoms. The standard InChI is InChI=1S/C16H16ClFN2O4S/c1-16-5-4-14(22)20(16)12(8-25-16)15(23)24-7-13(21)19-11-3-2-9(18)6-10(11)17/h2-3,6,12H,4-5,7-8H2,1H3,(H,19,21)/t12-,16-/m1/s1. The van der Waals surface area contributed by atoms with Crippen molar-refractivity contribution < 1.29 is 23.5 Å². The van der Waals surface area contributed by atoms with E-state index in [9.17, 15) is 18.8 Å². The highest BCUT2D eigenvalue weighted by molar-refractivity contribution is 8.01. The maximum absolute atomic E-state index is 13.0. The van der Waals surface area contributed by atoms with Crippen LogP contribution < -0.4 is 5.32 Å². The molecular weight excluding hydrogens is 371 g/mol. The summed E-state index contributed by atoms with van der Waals surface area (Å²) >= 11 is 7.37.